The van der Waals surface area contributed by atoms with Crippen molar-refractivity contribution in [1.29, 1.82) is 0 Å². The maximum absolute atomic E-state index is 13.4. The van der Waals surface area contributed by atoms with Gasteiger partial charge in [0.2, 0.25) is 10.0 Å². The fourth-order valence-electron chi connectivity index (χ4n) is 5.29. The van der Waals surface area contributed by atoms with Gasteiger partial charge in [0.15, 0.2) is 0 Å². The number of aromatic nitrogens is 2. The van der Waals surface area contributed by atoms with Gasteiger partial charge in [-0.2, -0.15) is 9.40 Å². The van der Waals surface area contributed by atoms with Gasteiger partial charge in [-0.1, -0.05) is 31.5 Å². The number of carboxylic acid groups (broad SMARTS) is 1. The zero-order valence-corrected chi connectivity index (χ0v) is 20.9. The van der Waals surface area contributed by atoms with Crippen molar-refractivity contribution < 1.29 is 23.1 Å². The number of rotatable bonds is 8. The molecule has 3 aromatic rings. The maximum atomic E-state index is 13.4. The van der Waals surface area contributed by atoms with Gasteiger partial charge in [-0.05, 0) is 61.4 Å². The smallest absolute Gasteiger partial charge is 0.309 e. The van der Waals surface area contributed by atoms with E-state index in [-0.39, 0.29) is 23.3 Å². The molecule has 8 nitrogen and oxygen atoms in total. The number of ether oxygens (including phenoxy) is 1. The molecule has 1 saturated heterocycles. The van der Waals surface area contributed by atoms with Crippen LogP contribution in [0.2, 0.25) is 0 Å². The lowest BCUT2D eigenvalue weighted by molar-refractivity contribution is -0.136. The highest BCUT2D eigenvalue weighted by atomic mass is 32.2. The molecule has 2 heterocycles. The van der Waals surface area contributed by atoms with Crippen LogP contribution >= 0.6 is 0 Å². The Kier molecular flexibility index (Phi) is 6.31. The minimum absolute atomic E-state index is 0.0164. The van der Waals surface area contributed by atoms with Crippen molar-refractivity contribution in [2.24, 2.45) is 5.92 Å². The van der Waals surface area contributed by atoms with Crippen molar-refractivity contribution in [2.75, 3.05) is 19.7 Å². The highest BCUT2D eigenvalue weighted by Crippen LogP contribution is 2.42. The molecule has 9 heteroatoms. The summed E-state index contributed by atoms with van der Waals surface area (Å²) >= 11 is 0. The van der Waals surface area contributed by atoms with E-state index in [0.717, 1.165) is 23.7 Å². The highest BCUT2D eigenvalue weighted by molar-refractivity contribution is 7.89. The third-order valence-corrected chi connectivity index (χ3v) is 9.17. The molecular weight excluding hydrogens is 466 g/mol. The van der Waals surface area contributed by atoms with E-state index in [0.29, 0.717) is 37.1 Å². The minimum atomic E-state index is -3.69. The molecule has 2 aromatic carbocycles. The summed E-state index contributed by atoms with van der Waals surface area (Å²) in [6.07, 6.45) is 3.24. The summed E-state index contributed by atoms with van der Waals surface area (Å²) < 4.78 is 35.8. The quantitative estimate of drug-likeness (QED) is 0.500. The van der Waals surface area contributed by atoms with Gasteiger partial charge in [-0.15, -0.1) is 0 Å². The number of sulfonamides is 1. The van der Waals surface area contributed by atoms with Crippen LogP contribution in [0.5, 0.6) is 5.75 Å². The van der Waals surface area contributed by atoms with Crippen LogP contribution in [0, 0.1) is 5.92 Å². The molecule has 0 bridgehead atoms. The lowest BCUT2D eigenvalue weighted by Crippen LogP contribution is -2.29. The number of hydrogen-bond acceptors (Lipinski definition) is 5. The molecule has 186 valence electrons. The Morgan fingerprint density at radius 2 is 1.89 bits per heavy atom. The van der Waals surface area contributed by atoms with Gasteiger partial charge >= 0.3 is 5.97 Å². The molecule has 2 aliphatic rings. The van der Waals surface area contributed by atoms with E-state index in [1.165, 1.54) is 16.3 Å². The van der Waals surface area contributed by atoms with Crippen LogP contribution in [-0.4, -0.2) is 53.3 Å². The van der Waals surface area contributed by atoms with E-state index in [9.17, 15) is 18.3 Å². The monoisotopic (exact) mass is 497 g/mol. The molecule has 1 aliphatic carbocycles. The molecule has 0 amide bonds. The standard InChI is InChI=1S/C26H31N3O5S/c1-3-34-19-10-12-20(13-11-19)35(32,33)28-15-17(2)24(16-28)29-26-21(18-6-4-7-18)8-5-9-22(26)23(27-29)14-25(30)31/h5,8-13,17-18,24H,3-4,6-7,14-16H2,1-2H3,(H,30,31)/t17-,24+/m1/s1. The molecule has 2 atom stereocenters. The SMILES string of the molecule is CCOc1ccc(S(=O)(=O)N2C[C@@H](C)[C@@H](n3nc(CC(=O)O)c4cccc(C5CCC5)c43)C2)cc1. The predicted molar refractivity (Wildman–Crippen MR) is 132 cm³/mol. The summed E-state index contributed by atoms with van der Waals surface area (Å²) in [5, 5.41) is 15.1. The molecule has 1 N–H and O–H groups in total. The van der Waals surface area contributed by atoms with E-state index in [4.69, 9.17) is 9.84 Å². The Bertz CT molecular complexity index is 1350. The molecule has 35 heavy (non-hydrogen) atoms. The number of fused-ring (bicyclic) bond motifs is 1. The van der Waals surface area contributed by atoms with Gasteiger partial charge < -0.3 is 9.84 Å². The number of aliphatic carboxylic acids is 1. The molecule has 0 spiro atoms. The summed E-state index contributed by atoms with van der Waals surface area (Å²) in [5.74, 6) is 0.163. The minimum Gasteiger partial charge on any atom is -0.494 e. The van der Waals surface area contributed by atoms with Gasteiger partial charge in [0, 0.05) is 18.5 Å². The summed E-state index contributed by atoms with van der Waals surface area (Å²) in [5.41, 5.74) is 2.69. The third kappa shape index (κ3) is 4.31. The van der Waals surface area contributed by atoms with Crippen molar-refractivity contribution in [3.8, 4) is 5.75 Å². The largest absolute Gasteiger partial charge is 0.494 e. The molecule has 2 fully saturated rings. The normalized spacial score (nSPS) is 21.3. The Morgan fingerprint density at radius 3 is 2.51 bits per heavy atom. The van der Waals surface area contributed by atoms with Crippen molar-refractivity contribution in [3.05, 3.63) is 53.7 Å². The van der Waals surface area contributed by atoms with Gasteiger partial charge in [0.05, 0.1) is 35.2 Å². The van der Waals surface area contributed by atoms with Gasteiger partial charge in [0.1, 0.15) is 5.75 Å². The Hall–Kier alpha value is -2.91. The second kappa shape index (κ2) is 9.28. The first kappa shape index (κ1) is 23.8. The van der Waals surface area contributed by atoms with E-state index < -0.39 is 16.0 Å². The lowest BCUT2D eigenvalue weighted by Gasteiger charge is -2.28. The van der Waals surface area contributed by atoms with Crippen LogP contribution in [0.15, 0.2) is 47.4 Å². The van der Waals surface area contributed by atoms with Crippen LogP contribution < -0.4 is 4.74 Å². The fraction of sp³-hybridized carbons (Fsp3) is 0.462. The predicted octanol–water partition coefficient (Wildman–Crippen LogP) is 4.21. The van der Waals surface area contributed by atoms with Crippen LogP contribution in [0.1, 0.15) is 56.3 Å². The first-order valence-electron chi connectivity index (χ1n) is 12.2. The van der Waals surface area contributed by atoms with Gasteiger partial charge in [-0.3, -0.25) is 9.48 Å². The number of benzene rings is 2. The fourth-order valence-corrected chi connectivity index (χ4v) is 6.85. The molecule has 0 unspecified atom stereocenters. The van der Waals surface area contributed by atoms with Crippen molar-refractivity contribution in [3.63, 3.8) is 0 Å². The molecular formula is C26H31N3O5S. The van der Waals surface area contributed by atoms with Crippen LogP contribution in [0.3, 0.4) is 0 Å². The van der Waals surface area contributed by atoms with Gasteiger partial charge in [0.25, 0.3) is 0 Å². The second-order valence-corrected chi connectivity index (χ2v) is 11.5. The van der Waals surface area contributed by atoms with Crippen molar-refractivity contribution in [2.45, 2.75) is 56.4 Å². The topological polar surface area (TPSA) is 102 Å². The van der Waals surface area contributed by atoms with Gasteiger partial charge in [-0.25, -0.2) is 8.42 Å². The van der Waals surface area contributed by atoms with E-state index in [2.05, 4.69) is 6.07 Å². The van der Waals surface area contributed by atoms with Crippen LogP contribution in [0.25, 0.3) is 10.9 Å². The molecule has 0 radical (unpaired) electrons. The number of carbonyl (C=O) groups is 1. The first-order chi connectivity index (χ1) is 16.8. The zero-order valence-electron chi connectivity index (χ0n) is 20.1. The molecule has 1 aromatic heterocycles. The molecule has 1 saturated carbocycles. The van der Waals surface area contributed by atoms with Crippen LogP contribution in [-0.2, 0) is 21.2 Å². The Morgan fingerprint density at radius 1 is 1.14 bits per heavy atom. The number of para-hydroxylation sites is 1. The van der Waals surface area contributed by atoms with Crippen molar-refractivity contribution >= 4 is 26.9 Å². The van der Waals surface area contributed by atoms with Crippen LogP contribution in [0.4, 0.5) is 0 Å². The Balaban J connectivity index is 1.51. The lowest BCUT2D eigenvalue weighted by atomic mass is 9.79. The highest BCUT2D eigenvalue weighted by Gasteiger charge is 2.40. The number of nitrogens with zero attached hydrogens (tertiary/aromatic N) is 3. The number of hydrogen-bond donors (Lipinski definition) is 1. The van der Waals surface area contributed by atoms with E-state index >= 15 is 0 Å². The Labute approximate surface area is 205 Å². The second-order valence-electron chi connectivity index (χ2n) is 9.60. The average molecular weight is 498 g/mol. The zero-order chi connectivity index (χ0) is 24.7. The summed E-state index contributed by atoms with van der Waals surface area (Å²) in [4.78, 5) is 11.8. The van der Waals surface area contributed by atoms with E-state index in [1.54, 1.807) is 24.3 Å². The number of carboxylic acids is 1. The first-order valence-corrected chi connectivity index (χ1v) is 13.7. The average Bonchev–Trinajstić information content (AvgIpc) is 3.34. The summed E-state index contributed by atoms with van der Waals surface area (Å²) in [6, 6.07) is 12.4. The molecule has 5 rings (SSSR count). The van der Waals surface area contributed by atoms with Crippen molar-refractivity contribution in [1.82, 2.24) is 14.1 Å². The summed E-state index contributed by atoms with van der Waals surface area (Å²) in [7, 11) is -3.69. The maximum Gasteiger partial charge on any atom is 0.309 e. The third-order valence-electron chi connectivity index (χ3n) is 7.33. The summed E-state index contributed by atoms with van der Waals surface area (Å²) in [6.45, 7) is 5.10. The molecule has 1 aliphatic heterocycles. The van der Waals surface area contributed by atoms with E-state index in [1.807, 2.05) is 30.7 Å².